The van der Waals surface area contributed by atoms with E-state index in [1.165, 1.54) is 5.20 Å². The molecule has 0 aliphatic rings. The van der Waals surface area contributed by atoms with Crippen LogP contribution in [-0.2, 0) is 0 Å². The van der Waals surface area contributed by atoms with Crippen molar-refractivity contribution < 1.29 is 14.2 Å². The van der Waals surface area contributed by atoms with Gasteiger partial charge in [0.1, 0.15) is 0 Å². The quantitative estimate of drug-likeness (QED) is 0.364. The second kappa shape index (κ2) is 9.31. The first kappa shape index (κ1) is 22.4. The molecule has 1 aromatic rings. The van der Waals surface area contributed by atoms with Gasteiger partial charge in [0.15, 0.2) is 11.5 Å². The van der Waals surface area contributed by atoms with Gasteiger partial charge in [-0.3, -0.25) is 0 Å². The van der Waals surface area contributed by atoms with E-state index in [-0.39, 0.29) is 0 Å². The first-order valence-electron chi connectivity index (χ1n) is 9.34. The van der Waals surface area contributed by atoms with E-state index in [9.17, 15) is 0 Å². The molecule has 26 heavy (non-hydrogen) atoms. The Hall–Kier alpha value is -1.68. The van der Waals surface area contributed by atoms with Crippen LogP contribution in [0.15, 0.2) is 30.0 Å². The molecule has 0 aliphatic heterocycles. The summed E-state index contributed by atoms with van der Waals surface area (Å²) in [6.07, 6.45) is 4.31. The van der Waals surface area contributed by atoms with Crippen LogP contribution in [0, 0.1) is 0 Å². The van der Waals surface area contributed by atoms with Gasteiger partial charge in [0.05, 0.1) is 29.4 Å². The Labute approximate surface area is 161 Å². The topological polar surface area (TPSA) is 27.7 Å². The van der Waals surface area contributed by atoms with Crippen molar-refractivity contribution >= 4 is 14.1 Å². The van der Waals surface area contributed by atoms with Crippen molar-refractivity contribution in [2.45, 2.75) is 58.2 Å². The highest BCUT2D eigenvalue weighted by Crippen LogP contribution is 2.46. The summed E-state index contributed by atoms with van der Waals surface area (Å²) in [7, 11) is 3.18. The van der Waals surface area contributed by atoms with Crippen LogP contribution < -0.4 is 14.2 Å². The van der Waals surface area contributed by atoms with E-state index in [4.69, 9.17) is 14.2 Å². The van der Waals surface area contributed by atoms with Crippen LogP contribution in [0.25, 0.3) is 6.08 Å². The van der Waals surface area contributed by atoms with E-state index in [1.54, 1.807) is 21.3 Å². The number of benzene rings is 1. The zero-order chi connectivity index (χ0) is 20.1. The van der Waals surface area contributed by atoms with E-state index in [0.717, 1.165) is 5.56 Å². The first-order chi connectivity index (χ1) is 12.2. The van der Waals surface area contributed by atoms with E-state index < -0.39 is 8.07 Å². The summed E-state index contributed by atoms with van der Waals surface area (Å²) < 4.78 is 16.3. The Balaban J connectivity index is 3.33. The van der Waals surface area contributed by atoms with Crippen molar-refractivity contribution in [3.05, 3.63) is 35.5 Å². The lowest BCUT2D eigenvalue weighted by atomic mass is 10.1. The molecule has 0 saturated heterocycles. The molecule has 0 unspecified atom stereocenters. The van der Waals surface area contributed by atoms with E-state index in [0.29, 0.717) is 33.9 Å². The average molecular weight is 377 g/mol. The molecular weight excluding hydrogens is 340 g/mol. The zero-order valence-electron chi connectivity index (χ0n) is 18.0. The Bertz CT molecular complexity index is 598. The van der Waals surface area contributed by atoms with Gasteiger partial charge < -0.3 is 14.2 Å². The zero-order valence-corrected chi connectivity index (χ0v) is 19.0. The van der Waals surface area contributed by atoms with Crippen molar-refractivity contribution in [2.75, 3.05) is 21.3 Å². The maximum absolute atomic E-state index is 5.46. The maximum Gasteiger partial charge on any atom is 0.203 e. The van der Waals surface area contributed by atoms with Gasteiger partial charge in [0.2, 0.25) is 5.75 Å². The molecule has 0 bridgehead atoms. The SMILES string of the molecule is C=C(/C=C/c1cc(OC)c(OC)c(OC)c1)[Si](C(C)C)(C(C)C)C(C)C. The minimum absolute atomic E-state index is 0.612. The molecule has 0 N–H and O–H groups in total. The minimum Gasteiger partial charge on any atom is -0.493 e. The molecule has 4 heteroatoms. The average Bonchev–Trinajstić information content (AvgIpc) is 2.58. The van der Waals surface area contributed by atoms with E-state index in [1.807, 2.05) is 12.1 Å². The summed E-state index contributed by atoms with van der Waals surface area (Å²) in [6.45, 7) is 18.6. The molecule has 0 saturated carbocycles. The normalized spacial score (nSPS) is 12.3. The highest BCUT2D eigenvalue weighted by Gasteiger charge is 2.44. The molecule has 0 atom stereocenters. The molecule has 0 heterocycles. The fourth-order valence-electron chi connectivity index (χ4n) is 4.65. The van der Waals surface area contributed by atoms with Crippen LogP contribution in [0.4, 0.5) is 0 Å². The second-order valence-electron chi connectivity index (χ2n) is 7.71. The van der Waals surface area contributed by atoms with Gasteiger partial charge in [0.25, 0.3) is 0 Å². The first-order valence-corrected chi connectivity index (χ1v) is 11.6. The molecule has 0 radical (unpaired) electrons. The molecule has 146 valence electrons. The third-order valence-electron chi connectivity index (χ3n) is 5.59. The second-order valence-corrected chi connectivity index (χ2v) is 13.7. The summed E-state index contributed by atoms with van der Waals surface area (Å²) in [4.78, 5) is 0. The van der Waals surface area contributed by atoms with Gasteiger partial charge in [-0.05, 0) is 34.3 Å². The van der Waals surface area contributed by atoms with Gasteiger partial charge in [-0.2, -0.15) is 0 Å². The van der Waals surface area contributed by atoms with Gasteiger partial charge in [0, 0.05) is 0 Å². The Morgan fingerprint density at radius 3 is 1.58 bits per heavy atom. The molecule has 0 fully saturated rings. The number of hydrogen-bond acceptors (Lipinski definition) is 3. The van der Waals surface area contributed by atoms with Crippen molar-refractivity contribution in [3.63, 3.8) is 0 Å². The van der Waals surface area contributed by atoms with Crippen LogP contribution in [0.3, 0.4) is 0 Å². The summed E-state index contributed by atoms with van der Waals surface area (Å²) in [5.41, 5.74) is 2.93. The molecule has 0 aromatic heterocycles. The molecule has 0 spiro atoms. The van der Waals surface area contributed by atoms with Gasteiger partial charge in [-0.1, -0.05) is 65.5 Å². The highest BCUT2D eigenvalue weighted by molar-refractivity contribution is 6.90. The monoisotopic (exact) mass is 376 g/mol. The molecule has 0 aliphatic carbocycles. The number of hydrogen-bond donors (Lipinski definition) is 0. The fraction of sp³-hybridized carbons (Fsp3) is 0.545. The third-order valence-corrected chi connectivity index (χ3v) is 12.6. The summed E-state index contributed by atoms with van der Waals surface area (Å²) in [5.74, 6) is 1.94. The number of ether oxygens (including phenoxy) is 3. The molecule has 1 aromatic carbocycles. The molecule has 3 nitrogen and oxygen atoms in total. The molecule has 0 amide bonds. The van der Waals surface area contributed by atoms with Crippen molar-refractivity contribution in [3.8, 4) is 17.2 Å². The van der Waals surface area contributed by atoms with Crippen molar-refractivity contribution in [1.29, 1.82) is 0 Å². The van der Waals surface area contributed by atoms with Crippen molar-refractivity contribution in [1.82, 2.24) is 0 Å². The summed E-state index contributed by atoms with van der Waals surface area (Å²) in [5, 5.41) is 1.30. The van der Waals surface area contributed by atoms with Crippen LogP contribution >= 0.6 is 0 Å². The summed E-state index contributed by atoms with van der Waals surface area (Å²) >= 11 is 0. The largest absolute Gasteiger partial charge is 0.493 e. The van der Waals surface area contributed by atoms with Gasteiger partial charge in [-0.25, -0.2) is 0 Å². The highest BCUT2D eigenvalue weighted by atomic mass is 28.3. The number of rotatable bonds is 9. The third kappa shape index (κ3) is 4.17. The summed E-state index contributed by atoms with van der Waals surface area (Å²) in [6, 6.07) is 3.93. The van der Waals surface area contributed by atoms with Crippen molar-refractivity contribution in [2.24, 2.45) is 0 Å². The smallest absolute Gasteiger partial charge is 0.203 e. The Morgan fingerprint density at radius 1 is 0.846 bits per heavy atom. The molecular formula is C22H36O3Si. The lowest BCUT2D eigenvalue weighted by Crippen LogP contribution is -2.46. The maximum atomic E-state index is 5.46. The van der Waals surface area contributed by atoms with Gasteiger partial charge in [-0.15, -0.1) is 0 Å². The van der Waals surface area contributed by atoms with Crippen LogP contribution in [0.5, 0.6) is 17.2 Å². The van der Waals surface area contributed by atoms with Gasteiger partial charge >= 0.3 is 0 Å². The Kier molecular flexibility index (Phi) is 8.01. The predicted molar refractivity (Wildman–Crippen MR) is 115 cm³/mol. The predicted octanol–water partition coefficient (Wildman–Crippen LogP) is 6.50. The molecule has 1 rings (SSSR count). The number of methoxy groups -OCH3 is 3. The van der Waals surface area contributed by atoms with Crippen LogP contribution in [0.2, 0.25) is 16.6 Å². The van der Waals surface area contributed by atoms with Crippen LogP contribution in [0.1, 0.15) is 47.1 Å². The Morgan fingerprint density at radius 2 is 1.27 bits per heavy atom. The lowest BCUT2D eigenvalue weighted by Gasteiger charge is -2.44. The van der Waals surface area contributed by atoms with Crippen LogP contribution in [-0.4, -0.2) is 29.4 Å². The number of allylic oxidation sites excluding steroid dienone is 2. The standard InChI is InChI=1S/C22H36O3Si/c1-15(2)26(16(3)4,17(5)6)18(7)11-12-19-13-20(23-8)22(25-10)21(14-19)24-9/h11-17H,7H2,1-6,8-10H3/b12-11+. The van der Waals surface area contributed by atoms with E-state index in [2.05, 4.69) is 60.3 Å². The minimum atomic E-state index is -1.71. The van der Waals surface area contributed by atoms with E-state index >= 15 is 0 Å². The fourth-order valence-corrected chi connectivity index (χ4v) is 11.2. The lowest BCUT2D eigenvalue weighted by molar-refractivity contribution is 0.324.